The predicted octanol–water partition coefficient (Wildman–Crippen LogP) is 1.78. The third-order valence-corrected chi connectivity index (χ3v) is 6.23. The van der Waals surface area contributed by atoms with Gasteiger partial charge in [-0.05, 0) is 56.0 Å². The van der Waals surface area contributed by atoms with Gasteiger partial charge in [-0.2, -0.15) is 0 Å². The van der Waals surface area contributed by atoms with E-state index in [0.717, 1.165) is 44.5 Å². The van der Waals surface area contributed by atoms with E-state index >= 15 is 0 Å². The third kappa shape index (κ3) is 3.11. The molecule has 0 spiro atoms. The van der Waals surface area contributed by atoms with E-state index in [4.69, 9.17) is 10.4 Å². The second-order valence-electron chi connectivity index (χ2n) is 8.03. The fourth-order valence-corrected chi connectivity index (χ4v) is 4.80. The van der Waals surface area contributed by atoms with E-state index < -0.39 is 0 Å². The van der Waals surface area contributed by atoms with Crippen LogP contribution in [0, 0.1) is 0 Å². The first kappa shape index (κ1) is 19.0. The molecule has 2 saturated heterocycles. The van der Waals surface area contributed by atoms with Gasteiger partial charge in [-0.15, -0.1) is 0 Å². The number of hydrogen-bond donors (Lipinski definition) is 1. The number of hydrogen-bond acceptors (Lipinski definition) is 8. The van der Waals surface area contributed by atoms with Crippen molar-refractivity contribution in [1.82, 2.24) is 34.6 Å². The van der Waals surface area contributed by atoms with E-state index in [0.29, 0.717) is 29.1 Å². The normalized spacial score (nSPS) is 19.9. The highest BCUT2D eigenvalue weighted by Gasteiger charge is 2.33. The van der Waals surface area contributed by atoms with Gasteiger partial charge < -0.3 is 20.1 Å². The van der Waals surface area contributed by atoms with E-state index in [1.807, 2.05) is 16.4 Å². The summed E-state index contributed by atoms with van der Waals surface area (Å²) >= 11 is 0. The van der Waals surface area contributed by atoms with E-state index in [9.17, 15) is 4.79 Å². The summed E-state index contributed by atoms with van der Waals surface area (Å²) in [4.78, 5) is 27.1. The monoisotopic (exact) mass is 410 g/mol. The number of nitrogens with zero attached hydrogens (tertiary/aromatic N) is 7. The number of rotatable bonds is 5. The van der Waals surface area contributed by atoms with Crippen LogP contribution >= 0.6 is 0 Å². The van der Waals surface area contributed by atoms with Crippen LogP contribution in [0.15, 0.2) is 17.0 Å². The van der Waals surface area contributed by atoms with Crippen LogP contribution in [0.25, 0.3) is 22.6 Å². The van der Waals surface area contributed by atoms with Gasteiger partial charge in [0.25, 0.3) is 5.91 Å². The Morgan fingerprint density at radius 2 is 2.03 bits per heavy atom. The van der Waals surface area contributed by atoms with Gasteiger partial charge in [0.1, 0.15) is 5.52 Å². The number of aryl methyl sites for hydroxylation is 1. The molecule has 2 N–H and O–H groups in total. The van der Waals surface area contributed by atoms with Crippen molar-refractivity contribution in [2.24, 2.45) is 0 Å². The molecule has 1 amide bonds. The maximum absolute atomic E-state index is 13.6. The molecule has 0 bridgehead atoms. The van der Waals surface area contributed by atoms with Gasteiger partial charge in [0, 0.05) is 31.9 Å². The predicted molar refractivity (Wildman–Crippen MR) is 111 cm³/mol. The number of fused-ring (bicyclic) bond motifs is 1. The van der Waals surface area contributed by atoms with Gasteiger partial charge in [-0.1, -0.05) is 0 Å². The molecule has 0 aromatic carbocycles. The van der Waals surface area contributed by atoms with Crippen LogP contribution < -0.4 is 5.73 Å². The molecule has 0 unspecified atom stereocenters. The second kappa shape index (κ2) is 7.67. The van der Waals surface area contributed by atoms with Crippen LogP contribution in [0.2, 0.25) is 0 Å². The van der Waals surface area contributed by atoms with Gasteiger partial charge in [0.2, 0.25) is 0 Å². The first-order chi connectivity index (χ1) is 14.7. The van der Waals surface area contributed by atoms with Crippen LogP contribution in [-0.2, 0) is 6.54 Å². The summed E-state index contributed by atoms with van der Waals surface area (Å²) in [6.45, 7) is 6.59. The van der Waals surface area contributed by atoms with Gasteiger partial charge in [0.05, 0.1) is 17.3 Å². The van der Waals surface area contributed by atoms with E-state index in [1.165, 1.54) is 12.8 Å². The van der Waals surface area contributed by atoms with Crippen molar-refractivity contribution in [3.63, 3.8) is 0 Å². The van der Waals surface area contributed by atoms with Crippen LogP contribution in [0.5, 0.6) is 0 Å². The average Bonchev–Trinajstić information content (AvgIpc) is 3.54. The maximum Gasteiger partial charge on any atom is 0.257 e. The number of imidazole rings is 1. The minimum absolute atomic E-state index is 0.0159. The molecule has 5 heterocycles. The van der Waals surface area contributed by atoms with Crippen molar-refractivity contribution in [2.75, 3.05) is 31.9 Å². The Bertz CT molecular complexity index is 1070. The average molecular weight is 410 g/mol. The number of amides is 1. The molecule has 2 fully saturated rings. The maximum atomic E-state index is 13.6. The number of aromatic nitrogens is 5. The molecule has 0 radical (unpaired) electrons. The van der Waals surface area contributed by atoms with Gasteiger partial charge in [-0.25, -0.2) is 9.61 Å². The van der Waals surface area contributed by atoms with Crippen molar-refractivity contribution in [1.29, 1.82) is 0 Å². The molecule has 2 aliphatic rings. The smallest absolute Gasteiger partial charge is 0.257 e. The number of nitrogen functional groups attached to an aromatic ring is 1. The SMILES string of the molecule is CCn1c(-c2nonc2N)nc2cncc(C(=O)N3CCC[C@H]3CN3CCCC3)c21. The molecule has 0 saturated carbocycles. The highest BCUT2D eigenvalue weighted by molar-refractivity contribution is 6.05. The summed E-state index contributed by atoms with van der Waals surface area (Å²) < 4.78 is 6.69. The van der Waals surface area contributed by atoms with Crippen molar-refractivity contribution in [2.45, 2.75) is 45.2 Å². The highest BCUT2D eigenvalue weighted by Crippen LogP contribution is 2.30. The first-order valence-corrected chi connectivity index (χ1v) is 10.6. The van der Waals surface area contributed by atoms with E-state index in [2.05, 4.69) is 25.2 Å². The van der Waals surface area contributed by atoms with Crippen LogP contribution in [-0.4, -0.2) is 72.8 Å². The Morgan fingerprint density at radius 1 is 1.20 bits per heavy atom. The lowest BCUT2D eigenvalue weighted by Crippen LogP contribution is -2.42. The Labute approximate surface area is 174 Å². The fourth-order valence-electron chi connectivity index (χ4n) is 4.80. The quantitative estimate of drug-likeness (QED) is 0.676. The molecule has 2 aliphatic heterocycles. The molecule has 158 valence electrons. The number of likely N-dealkylation sites (tertiary alicyclic amines) is 2. The Kier molecular flexibility index (Phi) is 4.86. The van der Waals surface area contributed by atoms with Crippen molar-refractivity contribution in [3.05, 3.63) is 18.0 Å². The summed E-state index contributed by atoms with van der Waals surface area (Å²) in [6, 6.07) is 0.249. The summed E-state index contributed by atoms with van der Waals surface area (Å²) in [7, 11) is 0. The lowest BCUT2D eigenvalue weighted by Gasteiger charge is -2.28. The highest BCUT2D eigenvalue weighted by atomic mass is 16.6. The number of carbonyl (C=O) groups is 1. The Hall–Kier alpha value is -3.01. The van der Waals surface area contributed by atoms with Crippen LogP contribution in [0.3, 0.4) is 0 Å². The van der Waals surface area contributed by atoms with Crippen LogP contribution in [0.4, 0.5) is 5.82 Å². The molecule has 3 aromatic heterocycles. The zero-order valence-electron chi connectivity index (χ0n) is 17.1. The minimum Gasteiger partial charge on any atom is -0.379 e. The first-order valence-electron chi connectivity index (χ1n) is 10.6. The Balaban J connectivity index is 1.53. The van der Waals surface area contributed by atoms with Crippen molar-refractivity contribution >= 4 is 22.8 Å². The summed E-state index contributed by atoms with van der Waals surface area (Å²) in [5.74, 6) is 0.719. The van der Waals surface area contributed by atoms with Crippen LogP contribution in [0.1, 0.15) is 43.0 Å². The zero-order valence-corrected chi connectivity index (χ0v) is 17.1. The zero-order chi connectivity index (χ0) is 20.7. The summed E-state index contributed by atoms with van der Waals surface area (Å²) in [5.41, 5.74) is 8.22. The minimum atomic E-state index is 0.0159. The van der Waals surface area contributed by atoms with Crippen molar-refractivity contribution < 1.29 is 9.42 Å². The number of nitrogens with two attached hydrogens (primary N) is 1. The summed E-state index contributed by atoms with van der Waals surface area (Å²) in [5, 5.41) is 7.56. The van der Waals surface area contributed by atoms with Gasteiger partial charge in [-0.3, -0.25) is 9.78 Å². The number of pyridine rings is 1. The van der Waals surface area contributed by atoms with Gasteiger partial charge >= 0.3 is 0 Å². The molecule has 5 rings (SSSR count). The number of anilines is 1. The fraction of sp³-hybridized carbons (Fsp3) is 0.550. The molecule has 0 aliphatic carbocycles. The second-order valence-corrected chi connectivity index (χ2v) is 8.03. The molecular weight excluding hydrogens is 384 g/mol. The third-order valence-electron chi connectivity index (χ3n) is 6.23. The molecule has 10 heteroatoms. The lowest BCUT2D eigenvalue weighted by atomic mass is 10.1. The standard InChI is InChI=1S/C20H26N8O2/c1-2-27-17-14(10-22-11-15(17)23-19(27)16-18(21)25-30-24-16)20(29)28-9-5-6-13(28)12-26-7-3-4-8-26/h10-11,13H,2-9,12H2,1H3,(H2,21,25)/t13-/m0/s1. The topological polar surface area (TPSA) is 119 Å². The van der Waals surface area contributed by atoms with Crippen molar-refractivity contribution in [3.8, 4) is 11.5 Å². The molecule has 30 heavy (non-hydrogen) atoms. The van der Waals surface area contributed by atoms with E-state index in [1.54, 1.807) is 12.4 Å². The summed E-state index contributed by atoms with van der Waals surface area (Å²) in [6.07, 6.45) is 7.90. The molecule has 1 atom stereocenters. The molecule has 3 aromatic rings. The molecule has 10 nitrogen and oxygen atoms in total. The Morgan fingerprint density at radius 3 is 2.77 bits per heavy atom. The number of carbonyl (C=O) groups excluding carboxylic acids is 1. The van der Waals surface area contributed by atoms with E-state index in [-0.39, 0.29) is 17.8 Å². The molecular formula is C20H26N8O2. The lowest BCUT2D eigenvalue weighted by molar-refractivity contribution is 0.0710. The largest absolute Gasteiger partial charge is 0.379 e. The van der Waals surface area contributed by atoms with Gasteiger partial charge in [0.15, 0.2) is 17.3 Å².